The third-order valence-electron chi connectivity index (χ3n) is 2.99. The predicted octanol–water partition coefficient (Wildman–Crippen LogP) is 1.70. The van der Waals surface area contributed by atoms with Crippen LogP contribution in [0.15, 0.2) is 24.4 Å². The van der Waals surface area contributed by atoms with Crippen molar-refractivity contribution < 1.29 is 9.53 Å². The van der Waals surface area contributed by atoms with E-state index in [9.17, 15) is 4.79 Å². The zero-order valence-corrected chi connectivity index (χ0v) is 11.4. The number of carbonyl (C=O) groups is 1. The third kappa shape index (κ3) is 2.27. The Morgan fingerprint density at radius 1 is 1.55 bits per heavy atom. The first-order valence-corrected chi connectivity index (χ1v) is 6.18. The Bertz CT molecular complexity index is 701. The van der Waals surface area contributed by atoms with Crippen molar-refractivity contribution in [2.24, 2.45) is 12.8 Å². The van der Waals surface area contributed by atoms with Gasteiger partial charge in [-0.25, -0.2) is 9.78 Å². The van der Waals surface area contributed by atoms with Crippen molar-refractivity contribution in [3.05, 3.63) is 35.8 Å². The number of hydrogen-bond donors (Lipinski definition) is 2. The van der Waals surface area contributed by atoms with E-state index in [0.29, 0.717) is 29.2 Å². The highest BCUT2D eigenvalue weighted by atomic mass is 16.5. The van der Waals surface area contributed by atoms with Gasteiger partial charge in [0.1, 0.15) is 11.3 Å². The number of pyridine rings is 1. The molecule has 0 spiro atoms. The lowest BCUT2D eigenvalue weighted by molar-refractivity contribution is 0.0516. The highest BCUT2D eigenvalue weighted by Gasteiger charge is 2.15. The summed E-state index contributed by atoms with van der Waals surface area (Å²) in [7, 11) is 1.75. The maximum absolute atomic E-state index is 11.8. The minimum absolute atomic E-state index is 0.326. The molecule has 0 amide bonds. The van der Waals surface area contributed by atoms with Crippen molar-refractivity contribution in [2.45, 2.75) is 6.92 Å². The molecule has 3 N–H and O–H groups in total. The molecule has 0 saturated carbocycles. The molecule has 2 aromatic rings. The van der Waals surface area contributed by atoms with Gasteiger partial charge < -0.3 is 20.4 Å². The molecular formula is C14H16N4O2. The molecular weight excluding hydrogens is 256 g/mol. The maximum Gasteiger partial charge on any atom is 0.355 e. The molecule has 0 aromatic carbocycles. The molecule has 0 fully saturated rings. The normalized spacial score (nSPS) is 11.6. The van der Waals surface area contributed by atoms with Crippen LogP contribution in [-0.2, 0) is 11.8 Å². The molecule has 2 heterocycles. The van der Waals surface area contributed by atoms with Gasteiger partial charge >= 0.3 is 5.97 Å². The van der Waals surface area contributed by atoms with Crippen LogP contribution in [0, 0.1) is 5.41 Å². The summed E-state index contributed by atoms with van der Waals surface area (Å²) in [6.45, 7) is 2.09. The number of aromatic nitrogens is 2. The van der Waals surface area contributed by atoms with Gasteiger partial charge in [-0.3, -0.25) is 0 Å². The second-order valence-corrected chi connectivity index (χ2v) is 4.18. The Kier molecular flexibility index (Phi) is 3.84. The molecule has 6 heteroatoms. The summed E-state index contributed by atoms with van der Waals surface area (Å²) >= 11 is 0. The number of nitrogens with zero attached hydrogens (tertiary/aromatic N) is 2. The minimum Gasteiger partial charge on any atom is -0.461 e. The molecule has 2 aromatic heterocycles. The molecule has 0 radical (unpaired) electrons. The van der Waals surface area contributed by atoms with E-state index in [2.05, 4.69) is 4.98 Å². The van der Waals surface area contributed by atoms with E-state index in [-0.39, 0.29) is 5.97 Å². The Hall–Kier alpha value is -2.63. The van der Waals surface area contributed by atoms with Gasteiger partial charge in [0.05, 0.1) is 12.3 Å². The average Bonchev–Trinajstić information content (AvgIpc) is 2.78. The minimum atomic E-state index is -0.379. The van der Waals surface area contributed by atoms with Crippen LogP contribution in [0.2, 0.25) is 0 Å². The van der Waals surface area contributed by atoms with E-state index in [0.717, 1.165) is 11.6 Å². The second kappa shape index (κ2) is 5.56. The molecule has 0 atom stereocenters. The van der Waals surface area contributed by atoms with Crippen LogP contribution in [0.3, 0.4) is 0 Å². The summed E-state index contributed by atoms with van der Waals surface area (Å²) < 4.78 is 6.68. The van der Waals surface area contributed by atoms with Crippen molar-refractivity contribution >= 4 is 28.8 Å². The molecule has 0 aliphatic rings. The van der Waals surface area contributed by atoms with Crippen molar-refractivity contribution in [2.75, 3.05) is 6.61 Å². The average molecular weight is 272 g/mol. The number of hydrogen-bond acceptors (Lipinski definition) is 5. The van der Waals surface area contributed by atoms with Crippen molar-refractivity contribution in [3.63, 3.8) is 0 Å². The van der Waals surface area contributed by atoms with E-state index in [1.54, 1.807) is 30.7 Å². The summed E-state index contributed by atoms with van der Waals surface area (Å²) in [6, 6.07) is 5.34. The molecule has 2 rings (SSSR count). The third-order valence-corrected chi connectivity index (χ3v) is 2.99. The number of carbonyl (C=O) groups excluding carboxylic acids is 1. The Balaban J connectivity index is 2.56. The second-order valence-electron chi connectivity index (χ2n) is 4.18. The number of allylic oxidation sites excluding steroid dienone is 1. The van der Waals surface area contributed by atoms with E-state index >= 15 is 0 Å². The Labute approximate surface area is 116 Å². The molecule has 0 aliphatic heterocycles. The molecule has 104 valence electrons. The molecule has 6 nitrogen and oxygen atoms in total. The Morgan fingerprint density at radius 3 is 2.90 bits per heavy atom. The van der Waals surface area contributed by atoms with Gasteiger partial charge in [-0.05, 0) is 25.1 Å². The predicted molar refractivity (Wildman–Crippen MR) is 77.6 cm³/mol. The van der Waals surface area contributed by atoms with E-state index < -0.39 is 0 Å². The van der Waals surface area contributed by atoms with Crippen LogP contribution in [0.4, 0.5) is 0 Å². The summed E-state index contributed by atoms with van der Waals surface area (Å²) in [6.07, 6.45) is 2.47. The standard InChI is InChI=1S/C14H16N4O2/c1-3-20-14(19)12-6-9-4-5-11(10(7-15)8-16)17-13(9)18(12)2/h4-8,15H,3,16H2,1-2H3/b10-8+,15-7?. The van der Waals surface area contributed by atoms with Gasteiger partial charge in [-0.15, -0.1) is 0 Å². The van der Waals surface area contributed by atoms with Gasteiger partial charge in [0.25, 0.3) is 0 Å². The van der Waals surface area contributed by atoms with Crippen LogP contribution in [0.1, 0.15) is 23.1 Å². The largest absolute Gasteiger partial charge is 0.461 e. The maximum atomic E-state index is 11.8. The number of nitrogens with one attached hydrogen (secondary N) is 1. The lowest BCUT2D eigenvalue weighted by Gasteiger charge is -2.04. The van der Waals surface area contributed by atoms with E-state index in [1.807, 2.05) is 6.07 Å². The summed E-state index contributed by atoms with van der Waals surface area (Å²) in [5.41, 5.74) is 7.65. The molecule has 0 aliphatic carbocycles. The van der Waals surface area contributed by atoms with Gasteiger partial charge in [0.15, 0.2) is 0 Å². The Morgan fingerprint density at radius 2 is 2.30 bits per heavy atom. The zero-order chi connectivity index (χ0) is 14.7. The first kappa shape index (κ1) is 13.8. The number of esters is 1. The number of aryl methyl sites for hydroxylation is 1. The monoisotopic (exact) mass is 272 g/mol. The van der Waals surface area contributed by atoms with E-state index in [1.165, 1.54) is 6.20 Å². The SMILES string of the molecule is CCOC(=O)c1cc2ccc(/C(C=N)=C/N)nc2n1C. The molecule has 0 bridgehead atoms. The van der Waals surface area contributed by atoms with Crippen molar-refractivity contribution in [1.82, 2.24) is 9.55 Å². The van der Waals surface area contributed by atoms with Crippen LogP contribution in [0.25, 0.3) is 16.6 Å². The number of fused-ring (bicyclic) bond motifs is 1. The topological polar surface area (TPSA) is 94.0 Å². The number of nitrogens with two attached hydrogens (primary N) is 1. The van der Waals surface area contributed by atoms with Gasteiger partial charge in [0.2, 0.25) is 0 Å². The summed E-state index contributed by atoms with van der Waals surface area (Å²) in [5, 5.41) is 8.13. The quantitative estimate of drug-likeness (QED) is 0.654. The fourth-order valence-electron chi connectivity index (χ4n) is 1.97. The smallest absolute Gasteiger partial charge is 0.355 e. The van der Waals surface area contributed by atoms with Gasteiger partial charge in [0, 0.05) is 30.4 Å². The highest BCUT2D eigenvalue weighted by Crippen LogP contribution is 2.20. The lowest BCUT2D eigenvalue weighted by Crippen LogP contribution is -2.09. The molecule has 0 unspecified atom stereocenters. The summed E-state index contributed by atoms with van der Waals surface area (Å²) in [4.78, 5) is 16.3. The number of rotatable bonds is 4. The number of ether oxygens (including phenoxy) is 1. The molecule has 0 saturated heterocycles. The van der Waals surface area contributed by atoms with Gasteiger partial charge in [-0.1, -0.05) is 0 Å². The van der Waals surface area contributed by atoms with Crippen LogP contribution in [-0.4, -0.2) is 28.3 Å². The zero-order valence-electron chi connectivity index (χ0n) is 11.4. The van der Waals surface area contributed by atoms with Crippen molar-refractivity contribution in [3.8, 4) is 0 Å². The summed E-state index contributed by atoms with van der Waals surface area (Å²) in [5.74, 6) is -0.379. The highest BCUT2D eigenvalue weighted by molar-refractivity contribution is 6.08. The lowest BCUT2D eigenvalue weighted by atomic mass is 10.2. The van der Waals surface area contributed by atoms with Gasteiger partial charge in [-0.2, -0.15) is 0 Å². The first-order chi connectivity index (χ1) is 9.62. The fraction of sp³-hybridized carbons (Fsp3) is 0.214. The fourth-order valence-corrected chi connectivity index (χ4v) is 1.97. The van der Waals surface area contributed by atoms with Crippen molar-refractivity contribution in [1.29, 1.82) is 5.41 Å². The van der Waals surface area contributed by atoms with Crippen LogP contribution in [0.5, 0.6) is 0 Å². The van der Waals surface area contributed by atoms with Crippen LogP contribution < -0.4 is 5.73 Å². The van der Waals surface area contributed by atoms with E-state index in [4.69, 9.17) is 15.9 Å². The first-order valence-electron chi connectivity index (χ1n) is 6.18. The van der Waals surface area contributed by atoms with Crippen LogP contribution >= 0.6 is 0 Å². The molecule has 20 heavy (non-hydrogen) atoms.